The minimum atomic E-state index is -0.524. The summed E-state index contributed by atoms with van der Waals surface area (Å²) in [4.78, 5) is 15.5. The summed E-state index contributed by atoms with van der Waals surface area (Å²) in [5.41, 5.74) is 5.37. The number of hydrogen-bond acceptors (Lipinski definition) is 4. The fourth-order valence-corrected chi connectivity index (χ4v) is 2.27. The van der Waals surface area contributed by atoms with Gasteiger partial charge < -0.3 is 10.5 Å². The highest BCUT2D eigenvalue weighted by Crippen LogP contribution is 2.23. The molecule has 66 valence electrons. The van der Waals surface area contributed by atoms with E-state index in [0.29, 0.717) is 10.5 Å². The SMILES string of the molecule is COCc1sc(Br)nc1C(N)=O. The summed E-state index contributed by atoms with van der Waals surface area (Å²) in [5.74, 6) is -0.524. The van der Waals surface area contributed by atoms with Crippen LogP contribution in [0.4, 0.5) is 0 Å². The van der Waals surface area contributed by atoms with Gasteiger partial charge in [0, 0.05) is 7.11 Å². The van der Waals surface area contributed by atoms with Gasteiger partial charge in [-0.3, -0.25) is 4.79 Å². The Morgan fingerprint density at radius 3 is 3.00 bits per heavy atom. The Kier molecular flexibility index (Phi) is 3.19. The van der Waals surface area contributed by atoms with E-state index in [9.17, 15) is 4.79 Å². The molecule has 2 N–H and O–H groups in total. The molecule has 1 heterocycles. The van der Waals surface area contributed by atoms with Gasteiger partial charge in [-0.2, -0.15) is 0 Å². The number of carbonyl (C=O) groups is 1. The molecule has 0 aliphatic heterocycles. The van der Waals surface area contributed by atoms with Crippen LogP contribution in [0.2, 0.25) is 0 Å². The lowest BCUT2D eigenvalue weighted by Gasteiger charge is -1.94. The lowest BCUT2D eigenvalue weighted by atomic mass is 10.3. The number of nitrogens with two attached hydrogens (primary N) is 1. The van der Waals surface area contributed by atoms with Gasteiger partial charge in [-0.05, 0) is 15.9 Å². The topological polar surface area (TPSA) is 65.2 Å². The number of amides is 1. The van der Waals surface area contributed by atoms with E-state index in [1.54, 1.807) is 7.11 Å². The van der Waals surface area contributed by atoms with Crippen molar-refractivity contribution in [3.8, 4) is 0 Å². The maximum atomic E-state index is 10.8. The van der Waals surface area contributed by atoms with Crippen molar-refractivity contribution >= 4 is 33.2 Å². The molecule has 6 heteroatoms. The third-order valence-corrected chi connectivity index (χ3v) is 2.66. The fraction of sp³-hybridized carbons (Fsp3) is 0.333. The van der Waals surface area contributed by atoms with E-state index in [2.05, 4.69) is 20.9 Å². The third kappa shape index (κ3) is 2.02. The van der Waals surface area contributed by atoms with Crippen LogP contribution < -0.4 is 5.73 Å². The Balaban J connectivity index is 2.99. The number of carbonyl (C=O) groups excluding carboxylic acids is 1. The molecule has 0 saturated carbocycles. The summed E-state index contributed by atoms with van der Waals surface area (Å²) >= 11 is 4.51. The molecule has 0 aromatic carbocycles. The molecule has 1 rings (SSSR count). The second-order valence-corrected chi connectivity index (χ2v) is 4.40. The van der Waals surface area contributed by atoms with Gasteiger partial charge in [0.05, 0.1) is 11.5 Å². The predicted molar refractivity (Wildman–Crippen MR) is 49.0 cm³/mol. The molecular formula is C6H7BrN2O2S. The average Bonchev–Trinajstić information content (AvgIpc) is 2.32. The molecule has 0 unspecified atom stereocenters. The zero-order valence-electron chi connectivity index (χ0n) is 6.33. The second-order valence-electron chi connectivity index (χ2n) is 2.04. The number of nitrogens with zero attached hydrogens (tertiary/aromatic N) is 1. The van der Waals surface area contributed by atoms with Crippen molar-refractivity contribution in [3.63, 3.8) is 0 Å². The molecule has 0 atom stereocenters. The molecule has 0 bridgehead atoms. The number of thiazole rings is 1. The smallest absolute Gasteiger partial charge is 0.268 e. The number of aromatic nitrogens is 1. The third-order valence-electron chi connectivity index (χ3n) is 1.18. The van der Waals surface area contributed by atoms with Gasteiger partial charge in [0.15, 0.2) is 3.92 Å². The van der Waals surface area contributed by atoms with Gasteiger partial charge in [-0.25, -0.2) is 4.98 Å². The van der Waals surface area contributed by atoms with Gasteiger partial charge in [0.25, 0.3) is 5.91 Å². The number of halogens is 1. The highest BCUT2D eigenvalue weighted by atomic mass is 79.9. The van der Waals surface area contributed by atoms with Crippen LogP contribution in [0.25, 0.3) is 0 Å². The summed E-state index contributed by atoms with van der Waals surface area (Å²) in [6.45, 7) is 0.363. The van der Waals surface area contributed by atoms with Crippen LogP contribution in [0.15, 0.2) is 3.92 Å². The first-order valence-electron chi connectivity index (χ1n) is 3.09. The van der Waals surface area contributed by atoms with E-state index in [-0.39, 0.29) is 5.69 Å². The fourth-order valence-electron chi connectivity index (χ4n) is 0.744. The van der Waals surface area contributed by atoms with Gasteiger partial charge in [0.2, 0.25) is 0 Å². The monoisotopic (exact) mass is 250 g/mol. The first-order valence-corrected chi connectivity index (χ1v) is 4.70. The summed E-state index contributed by atoms with van der Waals surface area (Å²) in [7, 11) is 1.55. The molecule has 0 aliphatic rings. The van der Waals surface area contributed by atoms with Crippen LogP contribution in [0.1, 0.15) is 15.4 Å². The average molecular weight is 251 g/mol. The molecule has 12 heavy (non-hydrogen) atoms. The first kappa shape index (κ1) is 9.63. The molecule has 0 spiro atoms. The molecule has 1 aromatic rings. The Hall–Kier alpha value is -0.460. The van der Waals surface area contributed by atoms with Crippen molar-refractivity contribution in [1.82, 2.24) is 4.98 Å². The Morgan fingerprint density at radius 1 is 1.83 bits per heavy atom. The normalized spacial score (nSPS) is 10.2. The van der Waals surface area contributed by atoms with E-state index in [4.69, 9.17) is 10.5 Å². The van der Waals surface area contributed by atoms with Crippen LogP contribution in [-0.2, 0) is 11.3 Å². The van der Waals surface area contributed by atoms with Crippen LogP contribution in [-0.4, -0.2) is 18.0 Å². The van der Waals surface area contributed by atoms with Crippen LogP contribution >= 0.6 is 27.3 Å². The number of ether oxygens (including phenoxy) is 1. The molecule has 4 nitrogen and oxygen atoms in total. The zero-order chi connectivity index (χ0) is 9.14. The van der Waals surface area contributed by atoms with Crippen molar-refractivity contribution < 1.29 is 9.53 Å². The van der Waals surface area contributed by atoms with Crippen LogP contribution in [0, 0.1) is 0 Å². The van der Waals surface area contributed by atoms with Crippen molar-refractivity contribution in [2.45, 2.75) is 6.61 Å². The van der Waals surface area contributed by atoms with Gasteiger partial charge in [-0.15, -0.1) is 11.3 Å². The number of hydrogen-bond donors (Lipinski definition) is 1. The van der Waals surface area contributed by atoms with Gasteiger partial charge >= 0.3 is 0 Å². The minimum Gasteiger partial charge on any atom is -0.379 e. The summed E-state index contributed by atoms with van der Waals surface area (Å²) in [5, 5.41) is 0. The highest BCUT2D eigenvalue weighted by Gasteiger charge is 2.13. The second kappa shape index (κ2) is 3.97. The van der Waals surface area contributed by atoms with Crippen molar-refractivity contribution in [1.29, 1.82) is 0 Å². The Morgan fingerprint density at radius 2 is 2.50 bits per heavy atom. The predicted octanol–water partition coefficient (Wildman–Crippen LogP) is 1.15. The Labute approximate surface area is 81.9 Å². The van der Waals surface area contributed by atoms with Crippen LogP contribution in [0.5, 0.6) is 0 Å². The molecule has 0 radical (unpaired) electrons. The first-order chi connectivity index (χ1) is 5.65. The zero-order valence-corrected chi connectivity index (χ0v) is 8.74. The highest BCUT2D eigenvalue weighted by molar-refractivity contribution is 9.11. The lowest BCUT2D eigenvalue weighted by Crippen LogP contribution is -2.13. The maximum Gasteiger partial charge on any atom is 0.268 e. The molecule has 1 amide bonds. The quantitative estimate of drug-likeness (QED) is 0.876. The van der Waals surface area contributed by atoms with E-state index < -0.39 is 5.91 Å². The largest absolute Gasteiger partial charge is 0.379 e. The summed E-state index contributed by atoms with van der Waals surface area (Å²) < 4.78 is 5.52. The van der Waals surface area contributed by atoms with Crippen LogP contribution in [0.3, 0.4) is 0 Å². The van der Waals surface area contributed by atoms with Crippen molar-refractivity contribution in [2.75, 3.05) is 7.11 Å². The molecular weight excluding hydrogens is 244 g/mol. The molecule has 0 fully saturated rings. The van der Waals surface area contributed by atoms with Crippen molar-refractivity contribution in [3.05, 3.63) is 14.5 Å². The van der Waals surface area contributed by atoms with E-state index in [1.807, 2.05) is 0 Å². The standard InChI is InChI=1S/C6H7BrN2O2S/c1-11-2-3-4(5(8)10)9-6(7)12-3/h2H2,1H3,(H2,8,10). The molecule has 0 aliphatic carbocycles. The van der Waals surface area contributed by atoms with Gasteiger partial charge in [-0.1, -0.05) is 0 Å². The maximum absolute atomic E-state index is 10.8. The number of rotatable bonds is 3. The van der Waals surface area contributed by atoms with E-state index in [1.165, 1.54) is 11.3 Å². The summed E-state index contributed by atoms with van der Waals surface area (Å²) in [6, 6.07) is 0. The summed E-state index contributed by atoms with van der Waals surface area (Å²) in [6.07, 6.45) is 0. The molecule has 0 saturated heterocycles. The molecule has 1 aromatic heterocycles. The van der Waals surface area contributed by atoms with E-state index in [0.717, 1.165) is 4.88 Å². The van der Waals surface area contributed by atoms with E-state index >= 15 is 0 Å². The number of primary amides is 1. The van der Waals surface area contributed by atoms with Gasteiger partial charge in [0.1, 0.15) is 5.69 Å². The number of methoxy groups -OCH3 is 1. The Bertz CT molecular complexity index is 300. The lowest BCUT2D eigenvalue weighted by molar-refractivity contribution is 0.0991. The minimum absolute atomic E-state index is 0.286. The van der Waals surface area contributed by atoms with Crippen molar-refractivity contribution in [2.24, 2.45) is 5.73 Å².